The molecule has 0 bridgehead atoms. The van der Waals surface area contributed by atoms with Gasteiger partial charge in [0.1, 0.15) is 18.5 Å². The van der Waals surface area contributed by atoms with E-state index in [4.69, 9.17) is 11.6 Å². The summed E-state index contributed by atoms with van der Waals surface area (Å²) in [6.45, 7) is 0. The van der Waals surface area contributed by atoms with Crippen LogP contribution in [-0.4, -0.2) is 29.7 Å². The van der Waals surface area contributed by atoms with E-state index in [-0.39, 0.29) is 22.6 Å². The smallest absolute Gasteiger partial charge is 0.223 e. The molecule has 9 heteroatoms. The fourth-order valence-electron chi connectivity index (χ4n) is 1.54. The van der Waals surface area contributed by atoms with Crippen molar-refractivity contribution in [2.75, 3.05) is 0 Å². The van der Waals surface area contributed by atoms with E-state index in [1.807, 2.05) is 0 Å². The Morgan fingerprint density at radius 1 is 1.20 bits per heavy atom. The van der Waals surface area contributed by atoms with Crippen molar-refractivity contribution < 1.29 is 4.39 Å². The minimum absolute atomic E-state index is 0.0557. The van der Waals surface area contributed by atoms with Gasteiger partial charge >= 0.3 is 0 Å². The Labute approximate surface area is 125 Å². The zero-order chi connectivity index (χ0) is 14.1. The Balaban J connectivity index is 2.17. The molecule has 0 radical (unpaired) electrons. The van der Waals surface area contributed by atoms with E-state index in [1.165, 1.54) is 23.4 Å². The van der Waals surface area contributed by atoms with E-state index in [2.05, 4.69) is 41.0 Å². The highest BCUT2D eigenvalue weighted by Crippen LogP contribution is 2.24. The molecule has 2 heterocycles. The van der Waals surface area contributed by atoms with Crippen molar-refractivity contribution in [3.05, 3.63) is 46.4 Å². The van der Waals surface area contributed by atoms with E-state index in [1.54, 1.807) is 12.1 Å². The number of benzene rings is 1. The third kappa shape index (κ3) is 2.52. The molecule has 0 spiro atoms. The molecule has 0 saturated heterocycles. The number of nitrogens with zero attached hydrogens (tertiary/aromatic N) is 6. The van der Waals surface area contributed by atoms with Gasteiger partial charge in [0.25, 0.3) is 5.95 Å². The van der Waals surface area contributed by atoms with E-state index in [9.17, 15) is 4.39 Å². The Morgan fingerprint density at radius 2 is 2.05 bits per heavy atom. The van der Waals surface area contributed by atoms with Gasteiger partial charge in [-0.3, -0.25) is 0 Å². The van der Waals surface area contributed by atoms with Gasteiger partial charge in [-0.05, 0) is 29.8 Å². The highest BCUT2D eigenvalue weighted by atomic mass is 79.9. The molecular weight excluding hydrogens is 351 g/mol. The van der Waals surface area contributed by atoms with Gasteiger partial charge in [-0.2, -0.15) is 24.7 Å². The predicted octanol–water partition coefficient (Wildman–Crippen LogP) is 2.67. The number of hydrogen-bond acceptors (Lipinski definition) is 5. The Kier molecular flexibility index (Phi) is 3.41. The third-order valence-electron chi connectivity index (χ3n) is 2.39. The summed E-state index contributed by atoms with van der Waals surface area (Å²) < 4.78 is 15.9. The zero-order valence-corrected chi connectivity index (χ0v) is 12.0. The van der Waals surface area contributed by atoms with Gasteiger partial charge in [-0.1, -0.05) is 15.9 Å². The van der Waals surface area contributed by atoms with E-state index >= 15 is 0 Å². The van der Waals surface area contributed by atoms with Crippen LogP contribution in [0.4, 0.5) is 4.39 Å². The summed E-state index contributed by atoms with van der Waals surface area (Å²) in [5.41, 5.74) is 0.213. The topological polar surface area (TPSA) is 69.4 Å². The summed E-state index contributed by atoms with van der Waals surface area (Å²) in [5.74, 6) is -0.175. The van der Waals surface area contributed by atoms with Crippen LogP contribution in [0.5, 0.6) is 0 Å². The number of hydrogen-bond donors (Lipinski definition) is 0. The van der Waals surface area contributed by atoms with Crippen LogP contribution in [0.2, 0.25) is 5.28 Å². The molecule has 1 aromatic carbocycles. The fourth-order valence-corrected chi connectivity index (χ4v) is 2.06. The monoisotopic (exact) mass is 354 g/mol. The van der Waals surface area contributed by atoms with Gasteiger partial charge in [0, 0.05) is 4.47 Å². The summed E-state index contributed by atoms with van der Waals surface area (Å²) in [7, 11) is 0. The molecule has 0 aliphatic carbocycles. The second-order valence-corrected chi connectivity index (χ2v) is 4.95. The molecule has 6 nitrogen and oxygen atoms in total. The molecule has 2 aromatic heterocycles. The summed E-state index contributed by atoms with van der Waals surface area (Å²) in [5, 5.41) is 3.84. The van der Waals surface area contributed by atoms with Crippen molar-refractivity contribution in [1.82, 2.24) is 29.7 Å². The quantitative estimate of drug-likeness (QED) is 0.707. The SMILES string of the molecule is Fc1ccc(Br)cc1-c1nc(Cl)nc(-n2cncn2)n1. The number of halogens is 3. The highest BCUT2D eigenvalue weighted by Gasteiger charge is 2.13. The minimum Gasteiger partial charge on any atom is -0.223 e. The zero-order valence-electron chi connectivity index (χ0n) is 9.70. The summed E-state index contributed by atoms with van der Waals surface area (Å²) in [6.07, 6.45) is 2.74. The van der Waals surface area contributed by atoms with Gasteiger partial charge in [-0.15, -0.1) is 0 Å². The highest BCUT2D eigenvalue weighted by molar-refractivity contribution is 9.10. The lowest BCUT2D eigenvalue weighted by Gasteiger charge is -2.05. The molecule has 3 rings (SSSR count). The van der Waals surface area contributed by atoms with Crippen molar-refractivity contribution in [1.29, 1.82) is 0 Å². The Hall–Kier alpha value is -1.93. The second-order valence-electron chi connectivity index (χ2n) is 3.69. The molecule has 20 heavy (non-hydrogen) atoms. The average molecular weight is 356 g/mol. The van der Waals surface area contributed by atoms with Gasteiger partial charge < -0.3 is 0 Å². The number of rotatable bonds is 2. The second kappa shape index (κ2) is 5.22. The maximum absolute atomic E-state index is 13.9. The maximum atomic E-state index is 13.9. The molecule has 0 amide bonds. The summed E-state index contributed by atoms with van der Waals surface area (Å²) in [4.78, 5) is 15.8. The van der Waals surface area contributed by atoms with Crippen molar-refractivity contribution in [3.63, 3.8) is 0 Å². The summed E-state index contributed by atoms with van der Waals surface area (Å²) >= 11 is 9.12. The Bertz CT molecular complexity index is 764. The molecule has 0 aliphatic rings. The van der Waals surface area contributed by atoms with E-state index in [0.29, 0.717) is 4.47 Å². The first-order valence-corrected chi connectivity index (χ1v) is 6.52. The van der Waals surface area contributed by atoms with Crippen LogP contribution in [0.1, 0.15) is 0 Å². The minimum atomic E-state index is -0.458. The molecule has 0 N–H and O–H groups in total. The van der Waals surface area contributed by atoms with Crippen molar-refractivity contribution in [2.45, 2.75) is 0 Å². The Morgan fingerprint density at radius 3 is 2.80 bits per heavy atom. The third-order valence-corrected chi connectivity index (χ3v) is 3.05. The van der Waals surface area contributed by atoms with Crippen molar-refractivity contribution >= 4 is 27.5 Å². The largest absolute Gasteiger partial charge is 0.256 e. The standard InChI is InChI=1S/C11H5BrClFN6/c12-6-1-2-8(14)7(3-6)9-17-10(13)19-11(18-9)20-5-15-4-16-20/h1-5H. The van der Waals surface area contributed by atoms with Gasteiger partial charge in [0.15, 0.2) is 5.82 Å². The molecule has 0 saturated carbocycles. The van der Waals surface area contributed by atoms with Crippen LogP contribution in [0.3, 0.4) is 0 Å². The van der Waals surface area contributed by atoms with E-state index < -0.39 is 5.82 Å². The lowest BCUT2D eigenvalue weighted by atomic mass is 10.2. The molecule has 0 atom stereocenters. The first-order valence-electron chi connectivity index (χ1n) is 5.35. The maximum Gasteiger partial charge on any atom is 0.256 e. The first kappa shape index (κ1) is 13.1. The lowest BCUT2D eigenvalue weighted by Crippen LogP contribution is -2.05. The normalized spacial score (nSPS) is 10.8. The molecule has 100 valence electrons. The van der Waals surface area contributed by atoms with Crippen LogP contribution in [0.25, 0.3) is 17.3 Å². The number of aromatic nitrogens is 6. The van der Waals surface area contributed by atoms with E-state index in [0.717, 1.165) is 0 Å². The predicted molar refractivity (Wildman–Crippen MR) is 72.8 cm³/mol. The summed E-state index contributed by atoms with van der Waals surface area (Å²) in [6, 6.07) is 4.46. The average Bonchev–Trinajstić information content (AvgIpc) is 2.95. The van der Waals surface area contributed by atoms with Gasteiger partial charge in [0.05, 0.1) is 5.56 Å². The fraction of sp³-hybridized carbons (Fsp3) is 0. The first-order chi connectivity index (χ1) is 9.63. The lowest BCUT2D eigenvalue weighted by molar-refractivity contribution is 0.629. The van der Waals surface area contributed by atoms with Crippen LogP contribution in [0.15, 0.2) is 35.3 Å². The van der Waals surface area contributed by atoms with Crippen LogP contribution < -0.4 is 0 Å². The molecule has 0 unspecified atom stereocenters. The van der Waals surface area contributed by atoms with Gasteiger partial charge in [0.2, 0.25) is 5.28 Å². The van der Waals surface area contributed by atoms with Gasteiger partial charge in [-0.25, -0.2) is 9.37 Å². The van der Waals surface area contributed by atoms with Crippen LogP contribution >= 0.6 is 27.5 Å². The molecule has 0 aliphatic heterocycles. The van der Waals surface area contributed by atoms with Crippen LogP contribution in [-0.2, 0) is 0 Å². The van der Waals surface area contributed by atoms with Crippen molar-refractivity contribution in [2.24, 2.45) is 0 Å². The van der Waals surface area contributed by atoms with Crippen molar-refractivity contribution in [3.8, 4) is 17.3 Å². The molecular formula is C11H5BrClFN6. The molecule has 3 aromatic rings. The van der Waals surface area contributed by atoms with Crippen LogP contribution in [0, 0.1) is 5.82 Å². The molecule has 0 fully saturated rings.